The molecule has 0 bridgehead atoms. The molecule has 6 heteroatoms. The standard InChI is InChI=1S/C30H20OP.C22H18N3.Ir/c31-32(28-16-13-22-7-1-4-10-25(22)19-28,29-17-14-23-8-2-5-11-26(23)20-29)30-18-15-24-9-3-6-12-27(24)21-30;1-22(2,3)15-9-6-12-18-19(15)20-14(8-7-13-23-20)21-24-16-10-4-5-11-17(16)25(18)21;/h1-17,19-21H;4-7,9-13H,1-3H3;/q2*-1;. The number of hydrogen-bond donors (Lipinski definition) is 0. The number of pyridine rings is 2. The summed E-state index contributed by atoms with van der Waals surface area (Å²) in [7, 11) is -3.15. The summed E-state index contributed by atoms with van der Waals surface area (Å²) in [6.45, 7) is 6.74. The zero-order valence-corrected chi connectivity index (χ0v) is 35.6. The first-order valence-electron chi connectivity index (χ1n) is 19.3. The maximum absolute atomic E-state index is 15.1. The Labute approximate surface area is 350 Å². The van der Waals surface area contributed by atoms with Gasteiger partial charge in [-0.25, -0.2) is 0 Å². The molecule has 0 saturated carbocycles. The second-order valence-corrected chi connectivity index (χ2v) is 18.4. The summed E-state index contributed by atoms with van der Waals surface area (Å²) in [5.41, 5.74) is 6.47. The first-order chi connectivity index (χ1) is 27.8. The van der Waals surface area contributed by atoms with E-state index in [4.69, 9.17) is 9.97 Å². The van der Waals surface area contributed by atoms with Crippen LogP contribution in [0, 0.1) is 12.1 Å². The number of fused-ring (bicyclic) bond motifs is 11. The fourth-order valence-electron chi connectivity index (χ4n) is 8.23. The van der Waals surface area contributed by atoms with Crippen molar-refractivity contribution in [3.8, 4) is 0 Å². The Morgan fingerprint density at radius 2 is 1.16 bits per heavy atom. The van der Waals surface area contributed by atoms with E-state index in [1.807, 2.05) is 79.0 Å². The average Bonchev–Trinajstić information content (AvgIpc) is 3.66. The number of nitrogens with zero attached hydrogens (tertiary/aromatic N) is 3. The summed E-state index contributed by atoms with van der Waals surface area (Å²) in [6.07, 6.45) is 1.82. The first-order valence-corrected chi connectivity index (χ1v) is 21.0. The fraction of sp³-hybridized carbons (Fsp3) is 0.0769. The second kappa shape index (κ2) is 14.8. The number of aromatic nitrogens is 3. The van der Waals surface area contributed by atoms with Crippen LogP contribution in [-0.4, -0.2) is 14.4 Å². The zero-order chi connectivity index (χ0) is 38.7. The predicted molar refractivity (Wildman–Crippen MR) is 240 cm³/mol. The minimum Gasteiger partial charge on any atom is -0.351 e. The van der Waals surface area contributed by atoms with Gasteiger partial charge >= 0.3 is 0 Å². The molecule has 0 N–H and O–H groups in total. The smallest absolute Gasteiger partial charge is 0.147 e. The molecule has 8 aromatic carbocycles. The third-order valence-corrected chi connectivity index (χ3v) is 14.0. The van der Waals surface area contributed by atoms with Gasteiger partial charge in [-0.1, -0.05) is 153 Å². The number of para-hydroxylation sites is 2. The van der Waals surface area contributed by atoms with Gasteiger partial charge < -0.3 is 13.9 Å². The first kappa shape index (κ1) is 37.6. The summed E-state index contributed by atoms with van der Waals surface area (Å²) in [6, 6.07) is 64.3. The number of imidazole rings is 1. The van der Waals surface area contributed by atoms with Gasteiger partial charge in [0, 0.05) is 36.2 Å². The van der Waals surface area contributed by atoms with E-state index in [9.17, 15) is 0 Å². The van der Waals surface area contributed by atoms with Gasteiger partial charge in [0.25, 0.3) is 0 Å². The predicted octanol–water partition coefficient (Wildman–Crippen LogP) is 11.9. The maximum Gasteiger partial charge on any atom is 0.147 e. The minimum atomic E-state index is -3.15. The second-order valence-electron chi connectivity index (χ2n) is 15.6. The maximum atomic E-state index is 15.1. The van der Waals surface area contributed by atoms with Gasteiger partial charge in [0.15, 0.2) is 0 Å². The van der Waals surface area contributed by atoms with Gasteiger partial charge in [0.05, 0.1) is 16.7 Å². The van der Waals surface area contributed by atoms with Gasteiger partial charge in [-0.05, 0) is 73.8 Å². The zero-order valence-electron chi connectivity index (χ0n) is 32.3. The van der Waals surface area contributed by atoms with Crippen LogP contribution in [0.5, 0.6) is 0 Å². The van der Waals surface area contributed by atoms with Crippen molar-refractivity contribution >= 4 is 93.9 Å². The molecule has 0 unspecified atom stereocenters. The molecule has 4 nitrogen and oxygen atoms in total. The van der Waals surface area contributed by atoms with E-state index >= 15 is 4.57 Å². The van der Waals surface area contributed by atoms with E-state index in [1.54, 1.807) is 0 Å². The average molecular weight is 944 g/mol. The largest absolute Gasteiger partial charge is 0.351 e. The molecule has 0 amide bonds. The molecule has 58 heavy (non-hydrogen) atoms. The van der Waals surface area contributed by atoms with Crippen LogP contribution in [0.2, 0.25) is 0 Å². The van der Waals surface area contributed by atoms with Crippen molar-refractivity contribution in [2.75, 3.05) is 0 Å². The third kappa shape index (κ3) is 6.32. The molecular formula is C52H38IrN3OP-2. The van der Waals surface area contributed by atoms with Crippen LogP contribution in [0.25, 0.3) is 70.8 Å². The molecule has 3 heterocycles. The summed E-state index contributed by atoms with van der Waals surface area (Å²) in [5, 5.41) is 11.2. The number of benzene rings is 8. The van der Waals surface area contributed by atoms with E-state index in [1.165, 1.54) is 10.9 Å². The Morgan fingerprint density at radius 3 is 1.81 bits per heavy atom. The van der Waals surface area contributed by atoms with Gasteiger partial charge in [-0.3, -0.25) is 4.98 Å². The Morgan fingerprint density at radius 1 is 0.586 bits per heavy atom. The van der Waals surface area contributed by atoms with Gasteiger partial charge in [0.1, 0.15) is 7.14 Å². The number of hydrogen-bond acceptors (Lipinski definition) is 3. The monoisotopic (exact) mass is 944 g/mol. The summed E-state index contributed by atoms with van der Waals surface area (Å²) >= 11 is 0. The van der Waals surface area contributed by atoms with Crippen molar-refractivity contribution < 1.29 is 24.7 Å². The molecule has 0 aliphatic carbocycles. The summed E-state index contributed by atoms with van der Waals surface area (Å²) in [4.78, 5) is 9.60. The van der Waals surface area contributed by atoms with Crippen molar-refractivity contribution in [1.82, 2.24) is 14.4 Å². The molecule has 3 aromatic heterocycles. The summed E-state index contributed by atoms with van der Waals surface area (Å²) in [5.74, 6) is 0. The van der Waals surface area contributed by atoms with Crippen LogP contribution in [0.4, 0.5) is 0 Å². The molecule has 0 aliphatic heterocycles. The fourth-order valence-corrected chi connectivity index (χ4v) is 10.9. The van der Waals surface area contributed by atoms with Crippen LogP contribution in [-0.2, 0) is 30.1 Å². The van der Waals surface area contributed by atoms with Gasteiger partial charge in [-0.2, -0.15) is 18.2 Å². The molecule has 283 valence electrons. The van der Waals surface area contributed by atoms with E-state index in [2.05, 4.69) is 134 Å². The molecular weight excluding hydrogens is 906 g/mol. The van der Waals surface area contributed by atoms with Crippen molar-refractivity contribution in [1.29, 1.82) is 0 Å². The van der Waals surface area contributed by atoms with Crippen LogP contribution in [0.1, 0.15) is 26.3 Å². The molecule has 11 rings (SSSR count). The van der Waals surface area contributed by atoms with Crippen molar-refractivity contribution in [2.45, 2.75) is 26.2 Å². The topological polar surface area (TPSA) is 47.3 Å². The van der Waals surface area contributed by atoms with Crippen molar-refractivity contribution in [2.24, 2.45) is 0 Å². The van der Waals surface area contributed by atoms with Crippen LogP contribution >= 0.6 is 7.14 Å². The van der Waals surface area contributed by atoms with Crippen LogP contribution < -0.4 is 15.9 Å². The van der Waals surface area contributed by atoms with Crippen molar-refractivity contribution in [3.05, 3.63) is 194 Å². The normalized spacial score (nSPS) is 12.0. The van der Waals surface area contributed by atoms with Gasteiger partial charge in [0.2, 0.25) is 0 Å². The Bertz CT molecular complexity index is 3200. The quantitative estimate of drug-likeness (QED) is 0.101. The molecule has 0 aliphatic rings. The van der Waals surface area contributed by atoms with E-state index in [0.29, 0.717) is 0 Å². The van der Waals surface area contributed by atoms with E-state index in [0.717, 1.165) is 81.3 Å². The molecule has 0 fully saturated rings. The van der Waals surface area contributed by atoms with Crippen molar-refractivity contribution in [3.63, 3.8) is 0 Å². The Hall–Kier alpha value is -5.96. The van der Waals surface area contributed by atoms with Gasteiger partial charge in [-0.15, -0.1) is 29.0 Å². The van der Waals surface area contributed by atoms with E-state index in [-0.39, 0.29) is 25.5 Å². The molecule has 1 radical (unpaired) electrons. The molecule has 0 spiro atoms. The van der Waals surface area contributed by atoms with Crippen LogP contribution in [0.15, 0.2) is 176 Å². The molecule has 11 aromatic rings. The minimum absolute atomic E-state index is 0. The Kier molecular flexibility index (Phi) is 9.57. The van der Waals surface area contributed by atoms with Crippen LogP contribution in [0.3, 0.4) is 0 Å². The Balaban J connectivity index is 0.000000152. The number of rotatable bonds is 3. The SMILES string of the molecule is CC(C)(C)c1cccc2c1c1ncc[c-]c1c1nc3ccccc3n21.O=P(c1[c-]cc2ccccc2c1)(c1ccc2ccccc2c1)c1ccc2ccccc2c1.[Ir]. The van der Waals surface area contributed by atoms with E-state index < -0.39 is 7.14 Å². The third-order valence-electron chi connectivity index (χ3n) is 11.1. The molecule has 0 saturated heterocycles. The molecule has 0 atom stereocenters. The summed E-state index contributed by atoms with van der Waals surface area (Å²) < 4.78 is 17.4.